The van der Waals surface area contributed by atoms with Crippen LogP contribution < -0.4 is 10.2 Å². The largest absolute Gasteiger partial charge is 0.403 e. The van der Waals surface area contributed by atoms with Crippen LogP contribution in [0.3, 0.4) is 0 Å². The molecule has 6 nitrogen and oxygen atoms in total. The van der Waals surface area contributed by atoms with Gasteiger partial charge in [-0.1, -0.05) is 16.7 Å². The molecule has 2 rings (SSSR count). The third-order valence-corrected chi connectivity index (χ3v) is 2.59. The molecule has 0 saturated carbocycles. The first-order valence-corrected chi connectivity index (χ1v) is 6.11. The highest BCUT2D eigenvalue weighted by Gasteiger charge is 2.14. The molecule has 2 aromatic rings. The maximum atomic E-state index is 12.5. The molecule has 1 atom stereocenters. The van der Waals surface area contributed by atoms with E-state index in [1.807, 2.05) is 0 Å². The fraction of sp³-hybridized carbons (Fsp3) is 0.250. The maximum absolute atomic E-state index is 12.5. The van der Waals surface area contributed by atoms with Crippen LogP contribution in [0, 0.1) is 0 Å². The van der Waals surface area contributed by atoms with Crippen molar-refractivity contribution >= 4 is 29.2 Å². The van der Waals surface area contributed by atoms with Gasteiger partial charge in [-0.3, -0.25) is 4.79 Å². The predicted octanol–water partition coefficient (Wildman–Crippen LogP) is 2.28. The van der Waals surface area contributed by atoms with Gasteiger partial charge in [0.25, 0.3) is 11.5 Å². The molecule has 0 aliphatic rings. The molecular weight excluding hydrogens is 287 g/mol. The van der Waals surface area contributed by atoms with Crippen molar-refractivity contribution < 1.29 is 13.6 Å². The smallest absolute Gasteiger partial charge is 0.317 e. The average molecular weight is 299 g/mol. The molecule has 0 aliphatic carbocycles. The van der Waals surface area contributed by atoms with Gasteiger partial charge in [-0.25, -0.2) is 4.39 Å². The number of benzene rings is 1. The molecule has 1 aromatic heterocycles. The van der Waals surface area contributed by atoms with E-state index in [1.165, 1.54) is 0 Å². The van der Waals surface area contributed by atoms with Crippen LogP contribution in [0.25, 0.3) is 11.5 Å². The van der Waals surface area contributed by atoms with Crippen molar-refractivity contribution in [1.29, 1.82) is 0 Å². The summed E-state index contributed by atoms with van der Waals surface area (Å²) < 4.78 is 17.9. The van der Waals surface area contributed by atoms with Gasteiger partial charge in [-0.15, -0.1) is 5.10 Å². The summed E-state index contributed by atoms with van der Waals surface area (Å²) >= 11 is 5.02. The first-order valence-electron chi connectivity index (χ1n) is 5.67. The van der Waals surface area contributed by atoms with Crippen molar-refractivity contribution in [3.63, 3.8) is 0 Å². The van der Waals surface area contributed by atoms with Crippen molar-refractivity contribution in [2.75, 3.05) is 24.3 Å². The predicted molar refractivity (Wildman–Crippen MR) is 73.4 cm³/mol. The first kappa shape index (κ1) is 14.3. The summed E-state index contributed by atoms with van der Waals surface area (Å²) in [5, 5.41) is 10.1. The molecule has 106 valence electrons. The Balaban J connectivity index is 2.13. The topological polar surface area (TPSA) is 71.3 Å². The lowest BCUT2D eigenvalue weighted by Crippen LogP contribution is -2.19. The molecule has 20 heavy (non-hydrogen) atoms. The van der Waals surface area contributed by atoms with Crippen molar-refractivity contribution in [2.45, 2.75) is 5.63 Å². The zero-order valence-corrected chi connectivity index (χ0v) is 11.6. The van der Waals surface area contributed by atoms with Gasteiger partial charge >= 0.3 is 6.01 Å². The van der Waals surface area contributed by atoms with Crippen molar-refractivity contribution in [1.82, 2.24) is 10.2 Å². The van der Waals surface area contributed by atoms with E-state index in [2.05, 4.69) is 15.5 Å². The van der Waals surface area contributed by atoms with Crippen molar-refractivity contribution in [2.24, 2.45) is 0 Å². The molecule has 1 N–H and O–H groups in total. The molecule has 8 heteroatoms. The SMILES string of the molecule is CN(C)c1nnc(-c2ccc(NC(=O)C(F)Cl)cc2)o1. The number of nitrogens with zero attached hydrogens (tertiary/aromatic N) is 3. The third kappa shape index (κ3) is 3.24. The summed E-state index contributed by atoms with van der Waals surface area (Å²) in [6.45, 7) is 0. The number of halogens is 2. The Hall–Kier alpha value is -2.15. The highest BCUT2D eigenvalue weighted by Crippen LogP contribution is 2.22. The summed E-state index contributed by atoms with van der Waals surface area (Å²) in [6, 6.07) is 6.91. The van der Waals surface area contributed by atoms with Gasteiger partial charge in [0.1, 0.15) is 0 Å². The molecule has 0 aliphatic heterocycles. The van der Waals surface area contributed by atoms with Crippen LogP contribution in [0.15, 0.2) is 28.7 Å². The van der Waals surface area contributed by atoms with Crippen LogP contribution in [-0.2, 0) is 4.79 Å². The van der Waals surface area contributed by atoms with Crippen LogP contribution in [0.5, 0.6) is 0 Å². The molecule has 0 spiro atoms. The number of alkyl halides is 2. The Kier molecular flexibility index (Phi) is 4.19. The van der Waals surface area contributed by atoms with Gasteiger partial charge in [0.15, 0.2) is 0 Å². The number of hydrogen-bond acceptors (Lipinski definition) is 5. The fourth-order valence-electron chi connectivity index (χ4n) is 1.41. The highest BCUT2D eigenvalue weighted by molar-refractivity contribution is 6.31. The van der Waals surface area contributed by atoms with E-state index in [9.17, 15) is 9.18 Å². The van der Waals surface area contributed by atoms with Gasteiger partial charge in [-0.05, 0) is 24.3 Å². The quantitative estimate of drug-likeness (QED) is 0.877. The Labute approximate surface area is 119 Å². The Bertz CT molecular complexity index is 598. The molecular formula is C12H12ClFN4O2. The van der Waals surface area contributed by atoms with Crippen LogP contribution in [0.4, 0.5) is 16.1 Å². The molecule has 1 aromatic carbocycles. The lowest BCUT2D eigenvalue weighted by Gasteiger charge is -2.05. The highest BCUT2D eigenvalue weighted by atomic mass is 35.5. The normalized spacial score (nSPS) is 12.0. The van der Waals surface area contributed by atoms with E-state index in [1.54, 1.807) is 43.3 Å². The summed E-state index contributed by atoms with van der Waals surface area (Å²) in [6.07, 6.45) is 0. The minimum absolute atomic E-state index is 0.354. The standard InChI is InChI=1S/C12H12ClFN4O2/c1-18(2)12-17-16-11(20-12)7-3-5-8(6-4-7)15-10(19)9(13)14/h3-6,9H,1-2H3,(H,15,19). The minimum Gasteiger partial charge on any atom is -0.403 e. The van der Waals surface area contributed by atoms with Gasteiger partial charge in [0.2, 0.25) is 5.89 Å². The van der Waals surface area contributed by atoms with E-state index in [0.29, 0.717) is 23.2 Å². The van der Waals surface area contributed by atoms with Crippen LogP contribution in [-0.4, -0.2) is 35.8 Å². The number of anilines is 2. The van der Waals surface area contributed by atoms with Crippen LogP contribution >= 0.6 is 11.6 Å². The van der Waals surface area contributed by atoms with Gasteiger partial charge < -0.3 is 14.6 Å². The molecule has 1 heterocycles. The van der Waals surface area contributed by atoms with Gasteiger partial charge in [0, 0.05) is 25.3 Å². The Morgan fingerprint density at radius 1 is 1.35 bits per heavy atom. The summed E-state index contributed by atoms with van der Waals surface area (Å²) in [7, 11) is 3.57. The number of rotatable bonds is 4. The molecule has 0 fully saturated rings. The zero-order valence-electron chi connectivity index (χ0n) is 10.8. The van der Waals surface area contributed by atoms with E-state index in [0.717, 1.165) is 0 Å². The van der Waals surface area contributed by atoms with E-state index in [4.69, 9.17) is 16.0 Å². The first-order chi connectivity index (χ1) is 9.47. The van der Waals surface area contributed by atoms with E-state index in [-0.39, 0.29) is 0 Å². The molecule has 1 unspecified atom stereocenters. The zero-order chi connectivity index (χ0) is 14.7. The summed E-state index contributed by atoms with van der Waals surface area (Å²) in [4.78, 5) is 12.8. The summed E-state index contributed by atoms with van der Waals surface area (Å²) in [5.74, 6) is -0.556. The number of carbonyl (C=O) groups excluding carboxylic acids is 1. The lowest BCUT2D eigenvalue weighted by molar-refractivity contribution is -0.118. The van der Waals surface area contributed by atoms with Crippen LogP contribution in [0.1, 0.15) is 0 Å². The summed E-state index contributed by atoms with van der Waals surface area (Å²) in [5.41, 5.74) is -0.964. The van der Waals surface area contributed by atoms with Crippen LogP contribution in [0.2, 0.25) is 0 Å². The number of hydrogen-bond donors (Lipinski definition) is 1. The second kappa shape index (κ2) is 5.87. The Morgan fingerprint density at radius 2 is 2.00 bits per heavy atom. The van der Waals surface area contributed by atoms with E-state index < -0.39 is 11.5 Å². The fourth-order valence-corrected chi connectivity index (χ4v) is 1.46. The van der Waals surface area contributed by atoms with E-state index >= 15 is 0 Å². The minimum atomic E-state index is -2.08. The molecule has 0 radical (unpaired) electrons. The number of nitrogens with one attached hydrogen (secondary N) is 1. The number of carbonyl (C=O) groups is 1. The third-order valence-electron chi connectivity index (χ3n) is 2.39. The van der Waals surface area contributed by atoms with Crippen molar-refractivity contribution in [3.8, 4) is 11.5 Å². The van der Waals surface area contributed by atoms with Gasteiger partial charge in [0.05, 0.1) is 0 Å². The molecule has 1 amide bonds. The lowest BCUT2D eigenvalue weighted by atomic mass is 10.2. The number of amides is 1. The second-order valence-electron chi connectivity index (χ2n) is 4.15. The maximum Gasteiger partial charge on any atom is 0.317 e. The Morgan fingerprint density at radius 3 is 2.50 bits per heavy atom. The second-order valence-corrected chi connectivity index (χ2v) is 4.53. The molecule has 0 bridgehead atoms. The number of aromatic nitrogens is 2. The molecule has 0 saturated heterocycles. The van der Waals surface area contributed by atoms with Crippen molar-refractivity contribution in [3.05, 3.63) is 24.3 Å². The van der Waals surface area contributed by atoms with Gasteiger partial charge in [-0.2, -0.15) is 0 Å². The average Bonchev–Trinajstić information content (AvgIpc) is 2.89. The monoisotopic (exact) mass is 298 g/mol.